The number of nitrogens with zero attached hydrogens (tertiary/aromatic N) is 2. The molecule has 132 valence electrons. The molecule has 24 heavy (non-hydrogen) atoms. The third kappa shape index (κ3) is 5.54. The highest BCUT2D eigenvalue weighted by Crippen LogP contribution is 2.22. The highest BCUT2D eigenvalue weighted by Gasteiger charge is 2.29. The minimum atomic E-state index is -1.27. The summed E-state index contributed by atoms with van der Waals surface area (Å²) in [5.41, 5.74) is 0.0614. The van der Waals surface area contributed by atoms with E-state index in [0.29, 0.717) is 0 Å². The van der Waals surface area contributed by atoms with E-state index in [1.807, 2.05) is 13.8 Å². The average molecular weight is 375 g/mol. The Bertz CT molecular complexity index is 620. The Morgan fingerprint density at radius 1 is 1.42 bits per heavy atom. The van der Waals surface area contributed by atoms with E-state index in [0.717, 1.165) is 0 Å². The molecule has 0 amide bonds. The number of aromatic nitrogens is 1. The summed E-state index contributed by atoms with van der Waals surface area (Å²) in [6.45, 7) is 5.31. The van der Waals surface area contributed by atoms with Crippen molar-refractivity contribution in [2.45, 2.75) is 26.8 Å². The fourth-order valence-corrected chi connectivity index (χ4v) is 2.22. The van der Waals surface area contributed by atoms with Crippen molar-refractivity contribution in [1.82, 2.24) is 4.98 Å². The number of halogens is 2. The first-order valence-corrected chi connectivity index (χ1v) is 8.23. The molecule has 0 bridgehead atoms. The summed E-state index contributed by atoms with van der Waals surface area (Å²) >= 11 is 11.8. The normalized spacial score (nSPS) is 14.0. The Morgan fingerprint density at radius 3 is 2.62 bits per heavy atom. The smallest absolute Gasteiger partial charge is 0.322 e. The van der Waals surface area contributed by atoms with Crippen molar-refractivity contribution in [1.29, 1.82) is 0 Å². The van der Waals surface area contributed by atoms with Gasteiger partial charge in [-0.1, -0.05) is 37.0 Å². The Balaban J connectivity index is 3.18. The zero-order valence-electron chi connectivity index (χ0n) is 13.7. The van der Waals surface area contributed by atoms with Crippen LogP contribution in [0.1, 0.15) is 31.1 Å². The highest BCUT2D eigenvalue weighted by atomic mass is 35.5. The van der Waals surface area contributed by atoms with Crippen LogP contribution in [-0.4, -0.2) is 47.3 Å². The molecule has 1 unspecified atom stereocenters. The third-order valence-corrected chi connectivity index (χ3v) is 3.80. The van der Waals surface area contributed by atoms with Crippen molar-refractivity contribution in [3.8, 4) is 0 Å². The molecule has 0 aliphatic rings. The molecule has 0 spiro atoms. The molecule has 2 atom stereocenters. The summed E-state index contributed by atoms with van der Waals surface area (Å²) in [4.78, 5) is 32.7. The molecule has 0 saturated heterocycles. The van der Waals surface area contributed by atoms with E-state index < -0.39 is 23.7 Å². The van der Waals surface area contributed by atoms with Crippen LogP contribution in [0.2, 0.25) is 10.2 Å². The Morgan fingerprint density at radius 2 is 2.08 bits per heavy atom. The fraction of sp³-hybridized carbons (Fsp3) is 0.500. The number of aliphatic hydroxyl groups is 1. The molecule has 0 radical (unpaired) electrons. The van der Waals surface area contributed by atoms with Gasteiger partial charge < -0.3 is 9.84 Å². The topological polar surface area (TPSA) is 88.9 Å². The van der Waals surface area contributed by atoms with Gasteiger partial charge in [-0.25, -0.2) is 4.98 Å². The van der Waals surface area contributed by atoms with E-state index >= 15 is 0 Å². The van der Waals surface area contributed by atoms with Gasteiger partial charge in [-0.2, -0.15) is 0 Å². The highest BCUT2D eigenvalue weighted by molar-refractivity contribution is 6.36. The van der Waals surface area contributed by atoms with E-state index in [4.69, 9.17) is 27.9 Å². The number of hydrogen-bond acceptors (Lipinski definition) is 6. The number of esters is 1. The van der Waals surface area contributed by atoms with E-state index in [2.05, 4.69) is 9.98 Å². The third-order valence-electron chi connectivity index (χ3n) is 3.29. The SMILES string of the molecule is CCOC(=O)C(C=N[C@H](CO)C(C)C)C(=O)c1cc(Cl)ncc1Cl. The first kappa shape index (κ1) is 20.5. The zero-order valence-corrected chi connectivity index (χ0v) is 15.2. The number of carbonyl (C=O) groups excluding carboxylic acids is 2. The van der Waals surface area contributed by atoms with Crippen molar-refractivity contribution in [2.75, 3.05) is 13.2 Å². The van der Waals surface area contributed by atoms with Crippen molar-refractivity contribution < 1.29 is 19.4 Å². The summed E-state index contributed by atoms with van der Waals surface area (Å²) < 4.78 is 4.94. The molecule has 1 rings (SSSR count). The van der Waals surface area contributed by atoms with Crippen LogP contribution < -0.4 is 0 Å². The predicted octanol–water partition coefficient (Wildman–Crippen LogP) is 2.84. The van der Waals surface area contributed by atoms with Crippen LogP contribution in [0.25, 0.3) is 0 Å². The maximum absolute atomic E-state index is 12.7. The van der Waals surface area contributed by atoms with Gasteiger partial charge in [-0.05, 0) is 18.9 Å². The lowest BCUT2D eigenvalue weighted by atomic mass is 9.98. The fourth-order valence-electron chi connectivity index (χ4n) is 1.86. The van der Waals surface area contributed by atoms with E-state index in [1.54, 1.807) is 6.92 Å². The second-order valence-electron chi connectivity index (χ2n) is 5.37. The zero-order chi connectivity index (χ0) is 18.3. The number of pyridine rings is 1. The molecule has 8 heteroatoms. The van der Waals surface area contributed by atoms with Crippen molar-refractivity contribution in [2.24, 2.45) is 16.8 Å². The van der Waals surface area contributed by atoms with Gasteiger partial charge in [0.05, 0.1) is 24.3 Å². The maximum Gasteiger partial charge on any atom is 0.322 e. The number of aliphatic hydroxyl groups excluding tert-OH is 1. The van der Waals surface area contributed by atoms with Crippen LogP contribution in [0.5, 0.6) is 0 Å². The van der Waals surface area contributed by atoms with Crippen LogP contribution in [0, 0.1) is 11.8 Å². The number of Topliss-reactive ketones (excluding diaryl/α,β-unsaturated/α-hetero) is 1. The molecule has 0 aliphatic carbocycles. The Labute approximate surface area is 150 Å². The van der Waals surface area contributed by atoms with Gasteiger partial charge in [0.15, 0.2) is 11.7 Å². The van der Waals surface area contributed by atoms with E-state index in [1.165, 1.54) is 18.5 Å². The summed E-state index contributed by atoms with van der Waals surface area (Å²) in [6.07, 6.45) is 2.44. The largest absolute Gasteiger partial charge is 0.465 e. The number of hydrogen-bond donors (Lipinski definition) is 1. The van der Waals surface area contributed by atoms with Crippen LogP contribution >= 0.6 is 23.2 Å². The van der Waals surface area contributed by atoms with Crippen LogP contribution in [0.3, 0.4) is 0 Å². The molecular weight excluding hydrogens is 355 g/mol. The van der Waals surface area contributed by atoms with Crippen molar-refractivity contribution >= 4 is 41.2 Å². The Kier molecular flexibility index (Phi) is 8.31. The van der Waals surface area contributed by atoms with E-state index in [9.17, 15) is 14.7 Å². The molecule has 0 aliphatic heterocycles. The van der Waals surface area contributed by atoms with Crippen molar-refractivity contribution in [3.05, 3.63) is 28.0 Å². The van der Waals surface area contributed by atoms with Gasteiger partial charge in [-0.3, -0.25) is 14.6 Å². The van der Waals surface area contributed by atoms with E-state index in [-0.39, 0.29) is 34.9 Å². The number of rotatable bonds is 8. The molecule has 0 aromatic carbocycles. The predicted molar refractivity (Wildman–Crippen MR) is 92.9 cm³/mol. The first-order chi connectivity index (χ1) is 11.3. The number of ether oxygens (including phenoxy) is 1. The first-order valence-electron chi connectivity index (χ1n) is 7.47. The van der Waals surface area contributed by atoms with Crippen molar-refractivity contribution in [3.63, 3.8) is 0 Å². The molecule has 1 aromatic heterocycles. The molecule has 1 N–H and O–H groups in total. The molecule has 0 saturated carbocycles. The van der Waals surface area contributed by atoms with Gasteiger partial charge >= 0.3 is 5.97 Å². The van der Waals surface area contributed by atoms with Gasteiger partial charge in [0, 0.05) is 18.0 Å². The minimum Gasteiger partial charge on any atom is -0.465 e. The lowest BCUT2D eigenvalue weighted by Crippen LogP contribution is -2.29. The number of aliphatic imine (C=N–C) groups is 1. The summed E-state index contributed by atoms with van der Waals surface area (Å²) in [6, 6.07) is 0.865. The maximum atomic E-state index is 12.7. The van der Waals surface area contributed by atoms with Crippen LogP contribution in [0.15, 0.2) is 17.3 Å². The number of carbonyl (C=O) groups is 2. The van der Waals surface area contributed by atoms with Gasteiger partial charge in [0.25, 0.3) is 0 Å². The Hall–Kier alpha value is -1.50. The second kappa shape index (κ2) is 9.71. The molecule has 1 aromatic rings. The summed E-state index contributed by atoms with van der Waals surface area (Å²) in [7, 11) is 0. The summed E-state index contributed by atoms with van der Waals surface area (Å²) in [5.74, 6) is -2.56. The quantitative estimate of drug-likeness (QED) is 0.248. The standard InChI is InChI=1S/C16H20Cl2N2O4/c1-4-24-16(23)11(6-19-13(8-21)9(2)3)15(22)10-5-14(18)20-7-12(10)17/h5-7,9,11,13,21H,4,8H2,1-3H3/t11?,13-/m1/s1. The second-order valence-corrected chi connectivity index (χ2v) is 6.17. The minimum absolute atomic E-state index is 0.0446. The monoisotopic (exact) mass is 374 g/mol. The average Bonchev–Trinajstić information content (AvgIpc) is 2.53. The summed E-state index contributed by atoms with van der Waals surface area (Å²) in [5, 5.41) is 9.49. The molecular formula is C16H20Cl2N2O4. The van der Waals surface area contributed by atoms with Gasteiger partial charge in [0.1, 0.15) is 5.15 Å². The lowest BCUT2D eigenvalue weighted by molar-refractivity contribution is -0.143. The molecule has 1 heterocycles. The molecule has 6 nitrogen and oxygen atoms in total. The number of ketones is 1. The van der Waals surface area contributed by atoms with Gasteiger partial charge in [-0.15, -0.1) is 0 Å². The van der Waals surface area contributed by atoms with Crippen LogP contribution in [-0.2, 0) is 9.53 Å². The lowest BCUT2D eigenvalue weighted by Gasteiger charge is -2.15. The molecule has 0 fully saturated rings. The van der Waals surface area contributed by atoms with Gasteiger partial charge in [0.2, 0.25) is 0 Å². The van der Waals surface area contributed by atoms with Crippen LogP contribution in [0.4, 0.5) is 0 Å².